The SMILES string of the molecule is COc1ccccc1NC(=O)COc1ccc(/C=N\NC(=O)c2ccc(OC)c(OC)c2)cc1. The maximum absolute atomic E-state index is 12.3. The molecule has 0 aliphatic carbocycles. The van der Waals surface area contributed by atoms with Crippen LogP contribution >= 0.6 is 0 Å². The first-order chi connectivity index (χ1) is 16.5. The average molecular weight is 463 g/mol. The van der Waals surface area contributed by atoms with E-state index in [9.17, 15) is 9.59 Å². The first-order valence-electron chi connectivity index (χ1n) is 10.2. The fourth-order valence-electron chi connectivity index (χ4n) is 2.94. The molecule has 0 aliphatic rings. The molecule has 0 spiro atoms. The van der Waals surface area contributed by atoms with Crippen molar-refractivity contribution < 1.29 is 28.5 Å². The second-order valence-corrected chi connectivity index (χ2v) is 6.88. The van der Waals surface area contributed by atoms with E-state index >= 15 is 0 Å². The molecule has 0 saturated heterocycles. The third-order valence-corrected chi connectivity index (χ3v) is 4.66. The molecule has 2 amide bonds. The van der Waals surface area contributed by atoms with Gasteiger partial charge in [-0.2, -0.15) is 5.10 Å². The Morgan fingerprint density at radius 3 is 2.26 bits per heavy atom. The van der Waals surface area contributed by atoms with Crippen LogP contribution < -0.4 is 29.7 Å². The molecule has 9 nitrogen and oxygen atoms in total. The highest BCUT2D eigenvalue weighted by atomic mass is 16.5. The summed E-state index contributed by atoms with van der Waals surface area (Å²) in [5.41, 5.74) is 4.15. The Balaban J connectivity index is 1.49. The van der Waals surface area contributed by atoms with Crippen LogP contribution in [0.1, 0.15) is 15.9 Å². The lowest BCUT2D eigenvalue weighted by atomic mass is 10.2. The normalized spacial score (nSPS) is 10.4. The van der Waals surface area contributed by atoms with Crippen LogP contribution in [0, 0.1) is 0 Å². The molecular formula is C25H25N3O6. The van der Waals surface area contributed by atoms with Gasteiger partial charge in [-0.15, -0.1) is 0 Å². The summed E-state index contributed by atoms with van der Waals surface area (Å²) in [7, 11) is 4.56. The number of amides is 2. The number of para-hydroxylation sites is 2. The Morgan fingerprint density at radius 2 is 1.56 bits per heavy atom. The molecule has 9 heteroatoms. The molecule has 176 valence electrons. The summed E-state index contributed by atoms with van der Waals surface area (Å²) >= 11 is 0. The Bertz CT molecular complexity index is 1160. The minimum atomic E-state index is -0.391. The zero-order valence-corrected chi connectivity index (χ0v) is 19.0. The first-order valence-corrected chi connectivity index (χ1v) is 10.2. The summed E-state index contributed by atoms with van der Waals surface area (Å²) in [4.78, 5) is 24.4. The Kier molecular flexibility index (Phi) is 8.45. The smallest absolute Gasteiger partial charge is 0.271 e. The molecule has 0 saturated carbocycles. The lowest BCUT2D eigenvalue weighted by molar-refractivity contribution is -0.118. The summed E-state index contributed by atoms with van der Waals surface area (Å²) in [5, 5.41) is 6.71. The second kappa shape index (κ2) is 11.9. The van der Waals surface area contributed by atoms with E-state index in [0.717, 1.165) is 5.56 Å². The number of carbonyl (C=O) groups is 2. The predicted molar refractivity (Wildman–Crippen MR) is 128 cm³/mol. The fraction of sp³-hybridized carbons (Fsp3) is 0.160. The number of hydrogen-bond donors (Lipinski definition) is 2. The van der Waals surface area contributed by atoms with Crippen LogP contribution in [-0.4, -0.2) is 46.0 Å². The monoisotopic (exact) mass is 463 g/mol. The molecule has 2 N–H and O–H groups in total. The number of benzene rings is 3. The van der Waals surface area contributed by atoms with Gasteiger partial charge in [-0.05, 0) is 60.2 Å². The number of hydrogen-bond acceptors (Lipinski definition) is 7. The summed E-state index contributed by atoms with van der Waals surface area (Å²) in [5.74, 6) is 1.36. The zero-order chi connectivity index (χ0) is 24.3. The van der Waals surface area contributed by atoms with E-state index < -0.39 is 5.91 Å². The van der Waals surface area contributed by atoms with Crippen molar-refractivity contribution in [2.24, 2.45) is 5.10 Å². The average Bonchev–Trinajstić information content (AvgIpc) is 2.88. The highest BCUT2D eigenvalue weighted by Crippen LogP contribution is 2.27. The number of hydrazone groups is 1. The molecular weight excluding hydrogens is 438 g/mol. The van der Waals surface area contributed by atoms with Crippen LogP contribution in [0.25, 0.3) is 0 Å². The summed E-state index contributed by atoms with van der Waals surface area (Å²) in [6, 6.07) is 18.9. The van der Waals surface area contributed by atoms with Crippen molar-refractivity contribution in [1.29, 1.82) is 0 Å². The zero-order valence-electron chi connectivity index (χ0n) is 19.0. The van der Waals surface area contributed by atoms with Crippen LogP contribution in [0.5, 0.6) is 23.0 Å². The number of rotatable bonds is 10. The fourth-order valence-corrected chi connectivity index (χ4v) is 2.94. The van der Waals surface area contributed by atoms with Crippen molar-refractivity contribution >= 4 is 23.7 Å². The maximum atomic E-state index is 12.3. The number of ether oxygens (including phenoxy) is 4. The standard InChI is InChI=1S/C25H25N3O6/c1-31-21-7-5-4-6-20(21)27-24(29)16-34-19-11-8-17(9-12-19)15-26-28-25(30)18-10-13-22(32-2)23(14-18)33-3/h4-15H,16H2,1-3H3,(H,27,29)(H,28,30)/b26-15-. The number of anilines is 1. The molecule has 3 aromatic rings. The van der Waals surface area contributed by atoms with E-state index in [0.29, 0.717) is 34.2 Å². The molecule has 0 aliphatic heterocycles. The minimum Gasteiger partial charge on any atom is -0.495 e. The van der Waals surface area contributed by atoms with Gasteiger partial charge in [0.1, 0.15) is 11.5 Å². The molecule has 34 heavy (non-hydrogen) atoms. The molecule has 0 aromatic heterocycles. The van der Waals surface area contributed by atoms with Crippen LogP contribution in [-0.2, 0) is 4.79 Å². The van der Waals surface area contributed by atoms with Crippen molar-refractivity contribution in [3.05, 3.63) is 77.9 Å². The van der Waals surface area contributed by atoms with Crippen LogP contribution in [0.3, 0.4) is 0 Å². The summed E-state index contributed by atoms with van der Waals surface area (Å²) in [6.07, 6.45) is 1.50. The van der Waals surface area contributed by atoms with E-state index in [4.69, 9.17) is 18.9 Å². The van der Waals surface area contributed by atoms with Crippen LogP contribution in [0.2, 0.25) is 0 Å². The van der Waals surface area contributed by atoms with Crippen LogP contribution in [0.15, 0.2) is 71.8 Å². The molecule has 0 fully saturated rings. The van der Waals surface area contributed by atoms with Crippen molar-refractivity contribution in [2.45, 2.75) is 0 Å². The van der Waals surface area contributed by atoms with Crippen molar-refractivity contribution in [3.8, 4) is 23.0 Å². The van der Waals surface area contributed by atoms with Gasteiger partial charge in [0.25, 0.3) is 11.8 Å². The molecule has 0 unspecified atom stereocenters. The van der Waals surface area contributed by atoms with Crippen LogP contribution in [0.4, 0.5) is 5.69 Å². The number of methoxy groups -OCH3 is 3. The Labute approximate surface area is 197 Å². The van der Waals surface area contributed by atoms with Gasteiger partial charge >= 0.3 is 0 Å². The molecule has 0 bridgehead atoms. The predicted octanol–water partition coefficient (Wildman–Crippen LogP) is 3.49. The van der Waals surface area contributed by atoms with E-state index in [-0.39, 0.29) is 12.5 Å². The molecule has 3 rings (SSSR count). The maximum Gasteiger partial charge on any atom is 0.271 e. The van der Waals surface area contributed by atoms with Gasteiger partial charge in [0.15, 0.2) is 18.1 Å². The molecule has 0 radical (unpaired) electrons. The highest BCUT2D eigenvalue weighted by Gasteiger charge is 2.10. The van der Waals surface area contributed by atoms with E-state index in [2.05, 4.69) is 15.8 Å². The van der Waals surface area contributed by atoms with Crippen molar-refractivity contribution in [2.75, 3.05) is 33.3 Å². The summed E-state index contributed by atoms with van der Waals surface area (Å²) in [6.45, 7) is -0.160. The quantitative estimate of drug-likeness (QED) is 0.352. The number of nitrogens with one attached hydrogen (secondary N) is 2. The Hall–Kier alpha value is -4.53. The highest BCUT2D eigenvalue weighted by molar-refractivity contribution is 5.95. The van der Waals surface area contributed by atoms with Gasteiger partial charge in [0.05, 0.1) is 33.2 Å². The third kappa shape index (κ3) is 6.49. The molecule has 0 heterocycles. The first kappa shape index (κ1) is 24.1. The Morgan fingerprint density at radius 1 is 0.853 bits per heavy atom. The third-order valence-electron chi connectivity index (χ3n) is 4.66. The number of nitrogens with zero attached hydrogens (tertiary/aromatic N) is 1. The molecule has 0 atom stereocenters. The minimum absolute atomic E-state index is 0.160. The van der Waals surface area contributed by atoms with E-state index in [1.54, 1.807) is 60.7 Å². The van der Waals surface area contributed by atoms with Crippen molar-refractivity contribution in [3.63, 3.8) is 0 Å². The van der Waals surface area contributed by atoms with Gasteiger partial charge in [0, 0.05) is 5.56 Å². The van der Waals surface area contributed by atoms with Gasteiger partial charge in [-0.3, -0.25) is 9.59 Å². The van der Waals surface area contributed by atoms with Gasteiger partial charge in [0.2, 0.25) is 0 Å². The largest absolute Gasteiger partial charge is 0.495 e. The van der Waals surface area contributed by atoms with Gasteiger partial charge in [-0.1, -0.05) is 12.1 Å². The van der Waals surface area contributed by atoms with Gasteiger partial charge < -0.3 is 24.3 Å². The van der Waals surface area contributed by atoms with Crippen molar-refractivity contribution in [1.82, 2.24) is 5.43 Å². The van der Waals surface area contributed by atoms with Gasteiger partial charge in [-0.25, -0.2) is 5.43 Å². The summed E-state index contributed by atoms with van der Waals surface area (Å²) < 4.78 is 21.1. The van der Waals surface area contributed by atoms with E-state index in [1.165, 1.54) is 27.5 Å². The molecule has 3 aromatic carbocycles. The second-order valence-electron chi connectivity index (χ2n) is 6.88. The lowest BCUT2D eigenvalue weighted by Gasteiger charge is -2.10. The van der Waals surface area contributed by atoms with E-state index in [1.807, 2.05) is 6.07 Å². The lowest BCUT2D eigenvalue weighted by Crippen LogP contribution is -2.20. The topological polar surface area (TPSA) is 107 Å². The number of carbonyl (C=O) groups excluding carboxylic acids is 2.